The number of hydrogen-bond donors (Lipinski definition) is 2. The van der Waals surface area contributed by atoms with Crippen molar-refractivity contribution in [2.24, 2.45) is 5.92 Å². The Kier molecular flexibility index (Phi) is 6.11. The van der Waals surface area contributed by atoms with E-state index in [1.165, 1.54) is 17.0 Å². The lowest BCUT2D eigenvalue weighted by atomic mass is 9.99. The lowest BCUT2D eigenvalue weighted by molar-refractivity contribution is -0.141. The summed E-state index contributed by atoms with van der Waals surface area (Å²) < 4.78 is 13.2. The molecule has 0 aromatic heterocycles. The van der Waals surface area contributed by atoms with Gasteiger partial charge in [-0.2, -0.15) is 0 Å². The maximum atomic E-state index is 13.2. The van der Waals surface area contributed by atoms with Crippen molar-refractivity contribution in [3.8, 4) is 0 Å². The molecule has 0 aliphatic heterocycles. The van der Waals surface area contributed by atoms with Crippen molar-refractivity contribution in [1.82, 2.24) is 10.2 Å². The highest BCUT2D eigenvalue weighted by Crippen LogP contribution is 2.22. The van der Waals surface area contributed by atoms with Crippen LogP contribution in [0.2, 0.25) is 0 Å². The SMILES string of the molecule is CC(CN(C)C(=O)NC(c1ccccc1)c1ccc(F)cc1)C(=O)O. The maximum absolute atomic E-state index is 13.2. The summed E-state index contributed by atoms with van der Waals surface area (Å²) in [5.41, 5.74) is 1.59. The second-order valence-electron chi connectivity index (χ2n) is 5.96. The summed E-state index contributed by atoms with van der Waals surface area (Å²) in [6, 6.07) is 14.4. The van der Waals surface area contributed by atoms with E-state index in [-0.39, 0.29) is 12.4 Å². The molecule has 2 rings (SSSR count). The van der Waals surface area contributed by atoms with Gasteiger partial charge < -0.3 is 15.3 Å². The van der Waals surface area contributed by atoms with Crippen LogP contribution in [0.1, 0.15) is 24.1 Å². The Bertz CT molecular complexity index is 719. The van der Waals surface area contributed by atoms with Crippen molar-refractivity contribution in [1.29, 1.82) is 0 Å². The third kappa shape index (κ3) is 5.04. The number of nitrogens with zero attached hydrogens (tertiary/aromatic N) is 1. The van der Waals surface area contributed by atoms with E-state index in [0.29, 0.717) is 0 Å². The molecular weight excluding hydrogens is 323 g/mol. The molecule has 25 heavy (non-hydrogen) atoms. The number of aliphatic carboxylic acids is 1. The Morgan fingerprint density at radius 2 is 1.64 bits per heavy atom. The Morgan fingerprint density at radius 1 is 1.08 bits per heavy atom. The molecule has 5 nitrogen and oxygen atoms in total. The zero-order valence-corrected chi connectivity index (χ0v) is 14.1. The number of urea groups is 1. The van der Waals surface area contributed by atoms with Crippen molar-refractivity contribution in [3.63, 3.8) is 0 Å². The number of carbonyl (C=O) groups is 2. The molecule has 0 aliphatic rings. The van der Waals surface area contributed by atoms with E-state index < -0.39 is 24.0 Å². The predicted molar refractivity (Wildman–Crippen MR) is 92.6 cm³/mol. The fourth-order valence-electron chi connectivity index (χ4n) is 2.47. The van der Waals surface area contributed by atoms with Crippen molar-refractivity contribution in [3.05, 3.63) is 71.5 Å². The van der Waals surface area contributed by atoms with Gasteiger partial charge in [-0.1, -0.05) is 49.4 Å². The number of halogens is 1. The molecule has 6 heteroatoms. The summed E-state index contributed by atoms with van der Waals surface area (Å²) in [6.07, 6.45) is 0. The van der Waals surface area contributed by atoms with Crippen LogP contribution < -0.4 is 5.32 Å². The smallest absolute Gasteiger partial charge is 0.317 e. The minimum absolute atomic E-state index is 0.0894. The second kappa shape index (κ2) is 8.28. The molecule has 2 unspecified atom stereocenters. The van der Waals surface area contributed by atoms with Crippen LogP contribution in [0, 0.1) is 11.7 Å². The quantitative estimate of drug-likeness (QED) is 0.845. The summed E-state index contributed by atoms with van der Waals surface area (Å²) >= 11 is 0. The number of rotatable bonds is 6. The van der Waals surface area contributed by atoms with Gasteiger partial charge in [0.05, 0.1) is 12.0 Å². The summed E-state index contributed by atoms with van der Waals surface area (Å²) in [6.45, 7) is 1.63. The molecule has 0 saturated heterocycles. The van der Waals surface area contributed by atoms with Gasteiger partial charge in [-0.25, -0.2) is 9.18 Å². The second-order valence-corrected chi connectivity index (χ2v) is 5.96. The summed E-state index contributed by atoms with van der Waals surface area (Å²) in [4.78, 5) is 24.8. The Labute approximate surface area is 146 Å². The zero-order chi connectivity index (χ0) is 18.4. The first kappa shape index (κ1) is 18.4. The van der Waals surface area contributed by atoms with E-state index >= 15 is 0 Å². The van der Waals surface area contributed by atoms with Crippen LogP contribution >= 0.6 is 0 Å². The van der Waals surface area contributed by atoms with E-state index in [0.717, 1.165) is 11.1 Å². The highest BCUT2D eigenvalue weighted by atomic mass is 19.1. The van der Waals surface area contributed by atoms with Crippen molar-refractivity contribution < 1.29 is 19.1 Å². The first-order chi connectivity index (χ1) is 11.9. The van der Waals surface area contributed by atoms with Crippen molar-refractivity contribution in [2.75, 3.05) is 13.6 Å². The van der Waals surface area contributed by atoms with Gasteiger partial charge in [0.2, 0.25) is 0 Å². The van der Waals surface area contributed by atoms with Crippen molar-refractivity contribution in [2.45, 2.75) is 13.0 Å². The lowest BCUT2D eigenvalue weighted by Gasteiger charge is -2.25. The molecule has 0 heterocycles. The highest BCUT2D eigenvalue weighted by molar-refractivity contribution is 5.76. The molecule has 0 radical (unpaired) electrons. The molecule has 0 fully saturated rings. The van der Waals surface area contributed by atoms with Crippen LogP contribution in [0.15, 0.2) is 54.6 Å². The number of carboxylic acid groups (broad SMARTS) is 1. The summed E-state index contributed by atoms with van der Waals surface area (Å²) in [5.74, 6) is -1.98. The van der Waals surface area contributed by atoms with E-state index in [9.17, 15) is 14.0 Å². The van der Waals surface area contributed by atoms with Crippen LogP contribution in [-0.4, -0.2) is 35.6 Å². The van der Waals surface area contributed by atoms with Gasteiger partial charge in [0.1, 0.15) is 5.82 Å². The Morgan fingerprint density at radius 3 is 2.20 bits per heavy atom. The normalized spacial score (nSPS) is 12.9. The fraction of sp³-hybridized carbons (Fsp3) is 0.263. The number of carbonyl (C=O) groups excluding carboxylic acids is 1. The first-order valence-corrected chi connectivity index (χ1v) is 7.93. The molecule has 2 N–H and O–H groups in total. The van der Waals surface area contributed by atoms with Crippen LogP contribution in [0.4, 0.5) is 9.18 Å². The van der Waals surface area contributed by atoms with E-state index in [1.807, 2.05) is 30.3 Å². The van der Waals surface area contributed by atoms with Gasteiger partial charge in [-0.05, 0) is 23.3 Å². The molecule has 0 saturated carbocycles. The summed E-state index contributed by atoms with van der Waals surface area (Å²) in [7, 11) is 1.54. The average molecular weight is 344 g/mol. The number of amides is 2. The van der Waals surface area contributed by atoms with E-state index in [4.69, 9.17) is 5.11 Å². The molecule has 0 bridgehead atoms. The zero-order valence-electron chi connectivity index (χ0n) is 14.1. The summed E-state index contributed by atoms with van der Waals surface area (Å²) in [5, 5.41) is 11.9. The Balaban J connectivity index is 2.20. The van der Waals surface area contributed by atoms with Crippen LogP contribution in [0.5, 0.6) is 0 Å². The highest BCUT2D eigenvalue weighted by Gasteiger charge is 2.21. The monoisotopic (exact) mass is 344 g/mol. The maximum Gasteiger partial charge on any atom is 0.317 e. The number of benzene rings is 2. The largest absolute Gasteiger partial charge is 0.481 e. The molecule has 2 amide bonds. The van der Waals surface area contributed by atoms with Crippen LogP contribution in [-0.2, 0) is 4.79 Å². The van der Waals surface area contributed by atoms with Gasteiger partial charge in [-0.3, -0.25) is 4.79 Å². The van der Waals surface area contributed by atoms with Crippen molar-refractivity contribution >= 4 is 12.0 Å². The van der Waals surface area contributed by atoms with Gasteiger partial charge in [0, 0.05) is 13.6 Å². The fourth-order valence-corrected chi connectivity index (χ4v) is 2.47. The number of hydrogen-bond acceptors (Lipinski definition) is 2. The molecule has 0 spiro atoms. The standard InChI is InChI=1S/C19H21FN2O3/c1-13(18(23)24)12-22(2)19(25)21-17(14-6-4-3-5-7-14)15-8-10-16(20)11-9-15/h3-11,13,17H,12H2,1-2H3,(H,21,25)(H,23,24). The number of carboxylic acids is 1. The molecule has 2 atom stereocenters. The van der Waals surface area contributed by atoms with Gasteiger partial charge in [0.25, 0.3) is 0 Å². The van der Waals surface area contributed by atoms with Gasteiger partial charge >= 0.3 is 12.0 Å². The third-order valence-electron chi connectivity index (χ3n) is 3.92. The van der Waals surface area contributed by atoms with Crippen LogP contribution in [0.25, 0.3) is 0 Å². The molecular formula is C19H21FN2O3. The molecule has 2 aromatic rings. The Hall–Kier alpha value is -2.89. The lowest BCUT2D eigenvalue weighted by Crippen LogP contribution is -2.42. The van der Waals surface area contributed by atoms with Crippen LogP contribution in [0.3, 0.4) is 0 Å². The third-order valence-corrected chi connectivity index (χ3v) is 3.92. The molecule has 132 valence electrons. The predicted octanol–water partition coefficient (Wildman–Crippen LogP) is 3.28. The van der Waals surface area contributed by atoms with E-state index in [2.05, 4.69) is 5.32 Å². The van der Waals surface area contributed by atoms with E-state index in [1.54, 1.807) is 26.1 Å². The molecule has 2 aromatic carbocycles. The minimum Gasteiger partial charge on any atom is -0.481 e. The average Bonchev–Trinajstić information content (AvgIpc) is 2.61. The van der Waals surface area contributed by atoms with Gasteiger partial charge in [0.15, 0.2) is 0 Å². The van der Waals surface area contributed by atoms with Gasteiger partial charge in [-0.15, -0.1) is 0 Å². The molecule has 0 aliphatic carbocycles. The topological polar surface area (TPSA) is 69.6 Å². The minimum atomic E-state index is -0.960. The first-order valence-electron chi connectivity index (χ1n) is 7.93. The number of nitrogens with one attached hydrogen (secondary N) is 1.